The smallest absolute Gasteiger partial charge is 0.0509 e. The van der Waals surface area contributed by atoms with Gasteiger partial charge in [0.05, 0.1) is 17.1 Å². The SMILES string of the molecule is CC(C)=NO.CC(C)=NO.C[SiH2]CC(C)=NO. The van der Waals surface area contributed by atoms with Crippen molar-refractivity contribution in [2.45, 2.75) is 47.2 Å². The minimum absolute atomic E-state index is 0.0648. The predicted molar refractivity (Wildman–Crippen MR) is 75.2 cm³/mol. The molecule has 0 saturated heterocycles. The molecule has 0 radical (unpaired) electrons. The van der Waals surface area contributed by atoms with Crippen LogP contribution >= 0.6 is 0 Å². The van der Waals surface area contributed by atoms with Crippen LogP contribution in [-0.2, 0) is 0 Å². The van der Waals surface area contributed by atoms with Crippen molar-refractivity contribution in [1.29, 1.82) is 0 Å². The summed E-state index contributed by atoms with van der Waals surface area (Å²) < 4.78 is 0. The first-order valence-electron chi connectivity index (χ1n) is 5.33. The van der Waals surface area contributed by atoms with Crippen LogP contribution in [0.2, 0.25) is 12.6 Å². The van der Waals surface area contributed by atoms with Gasteiger partial charge in [-0.2, -0.15) is 0 Å². The van der Waals surface area contributed by atoms with Gasteiger partial charge >= 0.3 is 0 Å². The summed E-state index contributed by atoms with van der Waals surface area (Å²) in [5.41, 5.74) is 2.24. The normalized spacial score (nSPS) is 9.65. The number of oxime groups is 3. The molecule has 0 aliphatic rings. The Balaban J connectivity index is -0.000000177. The maximum atomic E-state index is 8.08. The standard InChI is InChI=1S/C4H11NOSi.2C3H7NO/c1-4(5-6)3-7-2;2*1-3(2)4-5/h6H,3,7H2,1-2H3;2*5H,1-2H3. The third-order valence-corrected chi connectivity index (χ3v) is 2.41. The maximum Gasteiger partial charge on any atom is 0.0509 e. The van der Waals surface area contributed by atoms with Crippen LogP contribution in [0.1, 0.15) is 34.6 Å². The Bertz CT molecular complexity index is 229. The van der Waals surface area contributed by atoms with Crippen LogP contribution in [0.4, 0.5) is 0 Å². The molecule has 0 heterocycles. The second kappa shape index (κ2) is 17.0. The maximum absolute atomic E-state index is 8.08. The Hall–Kier alpha value is -1.37. The van der Waals surface area contributed by atoms with Gasteiger partial charge in [-0.1, -0.05) is 22.0 Å². The molecule has 6 nitrogen and oxygen atoms in total. The van der Waals surface area contributed by atoms with Gasteiger partial charge in [-0.15, -0.1) is 0 Å². The fourth-order valence-electron chi connectivity index (χ4n) is 0.412. The van der Waals surface area contributed by atoms with E-state index in [0.717, 1.165) is 11.8 Å². The molecular formula is C10H25N3O3Si. The van der Waals surface area contributed by atoms with Gasteiger partial charge in [0.2, 0.25) is 0 Å². The molecule has 0 bridgehead atoms. The summed E-state index contributed by atoms with van der Waals surface area (Å²) in [6.45, 7) is 10.9. The minimum atomic E-state index is 0.0648. The molecule has 0 fully saturated rings. The molecule has 0 aliphatic carbocycles. The van der Waals surface area contributed by atoms with E-state index in [4.69, 9.17) is 15.6 Å². The molecule has 0 aliphatic heterocycles. The highest BCUT2D eigenvalue weighted by Gasteiger charge is 1.84. The van der Waals surface area contributed by atoms with Crippen LogP contribution in [0.25, 0.3) is 0 Å². The van der Waals surface area contributed by atoms with Crippen LogP contribution in [0.5, 0.6) is 0 Å². The number of nitrogens with zero attached hydrogens (tertiary/aromatic N) is 3. The second-order valence-corrected chi connectivity index (χ2v) is 5.18. The molecule has 0 aromatic carbocycles. The van der Waals surface area contributed by atoms with Gasteiger partial charge in [0.1, 0.15) is 0 Å². The zero-order valence-electron chi connectivity index (χ0n) is 11.6. The van der Waals surface area contributed by atoms with Gasteiger partial charge in [0.25, 0.3) is 0 Å². The van der Waals surface area contributed by atoms with E-state index in [9.17, 15) is 0 Å². The van der Waals surface area contributed by atoms with Crippen LogP contribution in [0, 0.1) is 0 Å². The zero-order valence-corrected chi connectivity index (χ0v) is 13.0. The highest BCUT2D eigenvalue weighted by molar-refractivity contribution is 6.40. The molecule has 0 unspecified atom stereocenters. The summed E-state index contributed by atoms with van der Waals surface area (Å²) in [6.07, 6.45) is 0. The fraction of sp³-hybridized carbons (Fsp3) is 0.700. The lowest BCUT2D eigenvalue weighted by molar-refractivity contribution is 0.318. The van der Waals surface area contributed by atoms with Crippen molar-refractivity contribution in [1.82, 2.24) is 0 Å². The predicted octanol–water partition coefficient (Wildman–Crippen LogP) is 2.18. The Morgan fingerprint density at radius 2 is 1.12 bits per heavy atom. The second-order valence-electron chi connectivity index (χ2n) is 3.68. The van der Waals surface area contributed by atoms with E-state index in [2.05, 4.69) is 22.0 Å². The molecule has 0 aromatic heterocycles. The summed E-state index contributed by atoms with van der Waals surface area (Å²) >= 11 is 0. The van der Waals surface area contributed by atoms with Gasteiger partial charge in [0.15, 0.2) is 0 Å². The zero-order chi connectivity index (χ0) is 14.3. The molecule has 17 heavy (non-hydrogen) atoms. The summed E-state index contributed by atoms with van der Waals surface area (Å²) in [5.74, 6) is 0. The van der Waals surface area contributed by atoms with E-state index in [0.29, 0.717) is 11.4 Å². The first-order valence-corrected chi connectivity index (χ1v) is 7.75. The molecule has 0 atom stereocenters. The quantitative estimate of drug-likeness (QED) is 0.308. The molecule has 0 saturated carbocycles. The molecule has 0 spiro atoms. The lowest BCUT2D eigenvalue weighted by Gasteiger charge is -1.87. The molecule has 0 amide bonds. The lowest BCUT2D eigenvalue weighted by Crippen LogP contribution is -1.92. The topological polar surface area (TPSA) is 97.8 Å². The van der Waals surface area contributed by atoms with Crippen molar-refractivity contribution < 1.29 is 15.6 Å². The Morgan fingerprint density at radius 3 is 1.18 bits per heavy atom. The van der Waals surface area contributed by atoms with E-state index in [1.54, 1.807) is 27.7 Å². The largest absolute Gasteiger partial charge is 0.411 e. The molecule has 0 aromatic rings. The summed E-state index contributed by atoms with van der Waals surface area (Å²) in [5, 5.41) is 32.2. The third kappa shape index (κ3) is 40.1. The van der Waals surface area contributed by atoms with Crippen molar-refractivity contribution in [2.24, 2.45) is 15.5 Å². The molecular weight excluding hydrogens is 238 g/mol. The van der Waals surface area contributed by atoms with Crippen LogP contribution in [0.15, 0.2) is 15.5 Å². The van der Waals surface area contributed by atoms with Gasteiger partial charge in [-0.05, 0) is 40.7 Å². The Labute approximate surface area is 106 Å². The number of rotatable bonds is 2. The van der Waals surface area contributed by atoms with E-state index >= 15 is 0 Å². The first-order chi connectivity index (χ1) is 7.85. The van der Waals surface area contributed by atoms with E-state index in [-0.39, 0.29) is 9.52 Å². The van der Waals surface area contributed by atoms with Crippen molar-refractivity contribution in [3.8, 4) is 0 Å². The highest BCUT2D eigenvalue weighted by atomic mass is 28.2. The average molecular weight is 263 g/mol. The lowest BCUT2D eigenvalue weighted by atomic mass is 10.5. The van der Waals surface area contributed by atoms with Crippen molar-refractivity contribution in [2.75, 3.05) is 0 Å². The van der Waals surface area contributed by atoms with Crippen LogP contribution in [-0.4, -0.2) is 42.3 Å². The van der Waals surface area contributed by atoms with Gasteiger partial charge in [-0.25, -0.2) is 0 Å². The van der Waals surface area contributed by atoms with Gasteiger partial charge in [0, 0.05) is 9.52 Å². The molecule has 0 rings (SSSR count). The summed E-state index contributed by atoms with van der Waals surface area (Å²) in [6, 6.07) is 1.04. The monoisotopic (exact) mass is 263 g/mol. The van der Waals surface area contributed by atoms with Crippen LogP contribution in [0.3, 0.4) is 0 Å². The van der Waals surface area contributed by atoms with E-state index in [1.807, 2.05) is 6.92 Å². The van der Waals surface area contributed by atoms with Crippen molar-refractivity contribution >= 4 is 26.7 Å². The minimum Gasteiger partial charge on any atom is -0.411 e. The van der Waals surface area contributed by atoms with Gasteiger partial charge in [-0.3, -0.25) is 0 Å². The molecule has 3 N–H and O–H groups in total. The van der Waals surface area contributed by atoms with Crippen molar-refractivity contribution in [3.63, 3.8) is 0 Å². The van der Waals surface area contributed by atoms with Crippen molar-refractivity contribution in [3.05, 3.63) is 0 Å². The highest BCUT2D eigenvalue weighted by Crippen LogP contribution is 1.81. The Morgan fingerprint density at radius 1 is 0.824 bits per heavy atom. The number of hydrogen-bond donors (Lipinski definition) is 3. The van der Waals surface area contributed by atoms with E-state index in [1.165, 1.54) is 0 Å². The first kappa shape index (κ1) is 21.0. The van der Waals surface area contributed by atoms with Crippen LogP contribution < -0.4 is 0 Å². The van der Waals surface area contributed by atoms with Gasteiger partial charge < -0.3 is 15.6 Å². The fourth-order valence-corrected chi connectivity index (χ4v) is 1.24. The number of hydrogen-bond acceptors (Lipinski definition) is 6. The third-order valence-electron chi connectivity index (χ3n) is 1.18. The summed E-state index contributed by atoms with van der Waals surface area (Å²) in [4.78, 5) is 0. The average Bonchev–Trinajstić information content (AvgIpc) is 2.30. The van der Waals surface area contributed by atoms with E-state index < -0.39 is 0 Å². The molecule has 7 heteroatoms. The summed E-state index contributed by atoms with van der Waals surface area (Å²) in [7, 11) is 0.0648. The molecule has 102 valence electrons. The Kier molecular flexibility index (Phi) is 21.0.